The molecular formula is C18H17ClN2O4. The molecule has 2 rings (SSSR count). The van der Waals surface area contributed by atoms with Crippen molar-refractivity contribution in [2.24, 2.45) is 0 Å². The van der Waals surface area contributed by atoms with Crippen LogP contribution in [0, 0.1) is 0 Å². The van der Waals surface area contributed by atoms with Crippen LogP contribution < -0.4 is 10.2 Å². The van der Waals surface area contributed by atoms with Gasteiger partial charge in [-0.05, 0) is 48.5 Å². The highest BCUT2D eigenvalue weighted by Crippen LogP contribution is 2.18. The number of carbonyl (C=O) groups is 3. The van der Waals surface area contributed by atoms with Gasteiger partial charge in [0.15, 0.2) is 0 Å². The molecule has 130 valence electrons. The molecule has 25 heavy (non-hydrogen) atoms. The number of carbonyl (C=O) groups excluding carboxylic acids is 3. The highest BCUT2D eigenvalue weighted by molar-refractivity contribution is 6.30. The van der Waals surface area contributed by atoms with E-state index in [4.69, 9.17) is 11.6 Å². The Bertz CT molecular complexity index is 773. The number of hydrogen-bond acceptors (Lipinski definition) is 4. The average Bonchev–Trinajstić information content (AvgIpc) is 2.60. The molecule has 2 amide bonds. The van der Waals surface area contributed by atoms with Crippen LogP contribution in [0.4, 0.5) is 11.4 Å². The first-order chi connectivity index (χ1) is 11.9. The van der Waals surface area contributed by atoms with Crippen molar-refractivity contribution in [2.75, 3.05) is 23.9 Å². The standard InChI is InChI=1S/C18H17ClN2O4/c1-12(22)21(16-9-5-14(19)6-10-16)11-17(23)20-15-7-3-13(4-8-15)18(24)25-2/h3-10H,11H2,1-2H3,(H,20,23). The largest absolute Gasteiger partial charge is 0.465 e. The van der Waals surface area contributed by atoms with E-state index in [1.165, 1.54) is 18.9 Å². The van der Waals surface area contributed by atoms with Crippen LogP contribution in [0.25, 0.3) is 0 Å². The predicted octanol–water partition coefficient (Wildman–Crippen LogP) is 3.12. The van der Waals surface area contributed by atoms with E-state index in [1.54, 1.807) is 48.5 Å². The van der Waals surface area contributed by atoms with Crippen molar-refractivity contribution in [3.05, 3.63) is 59.1 Å². The van der Waals surface area contributed by atoms with E-state index >= 15 is 0 Å². The molecule has 0 spiro atoms. The molecule has 0 aliphatic carbocycles. The van der Waals surface area contributed by atoms with Gasteiger partial charge in [0, 0.05) is 23.3 Å². The van der Waals surface area contributed by atoms with E-state index in [-0.39, 0.29) is 18.4 Å². The SMILES string of the molecule is COC(=O)c1ccc(NC(=O)CN(C(C)=O)c2ccc(Cl)cc2)cc1. The minimum absolute atomic E-state index is 0.143. The van der Waals surface area contributed by atoms with Gasteiger partial charge in [-0.25, -0.2) is 4.79 Å². The van der Waals surface area contributed by atoms with Gasteiger partial charge in [0.25, 0.3) is 0 Å². The summed E-state index contributed by atoms with van der Waals surface area (Å²) in [6, 6.07) is 12.9. The summed E-state index contributed by atoms with van der Waals surface area (Å²) < 4.78 is 4.61. The van der Waals surface area contributed by atoms with Gasteiger partial charge < -0.3 is 15.0 Å². The maximum atomic E-state index is 12.2. The lowest BCUT2D eigenvalue weighted by Gasteiger charge is -2.20. The zero-order valence-electron chi connectivity index (χ0n) is 13.8. The van der Waals surface area contributed by atoms with Gasteiger partial charge in [0.05, 0.1) is 12.7 Å². The number of esters is 1. The van der Waals surface area contributed by atoms with E-state index < -0.39 is 5.97 Å². The normalized spacial score (nSPS) is 10.0. The van der Waals surface area contributed by atoms with E-state index in [0.717, 1.165) is 0 Å². The fraction of sp³-hybridized carbons (Fsp3) is 0.167. The third-order valence-electron chi connectivity index (χ3n) is 3.41. The number of halogens is 1. The summed E-state index contributed by atoms with van der Waals surface area (Å²) in [6.07, 6.45) is 0. The zero-order valence-corrected chi connectivity index (χ0v) is 14.5. The van der Waals surface area contributed by atoms with E-state index in [0.29, 0.717) is 22.0 Å². The zero-order chi connectivity index (χ0) is 18.4. The topological polar surface area (TPSA) is 75.7 Å². The first kappa shape index (κ1) is 18.5. The number of hydrogen-bond donors (Lipinski definition) is 1. The Kier molecular flexibility index (Phi) is 6.14. The Hall–Kier alpha value is -2.86. The van der Waals surface area contributed by atoms with Gasteiger partial charge in [-0.15, -0.1) is 0 Å². The highest BCUT2D eigenvalue weighted by Gasteiger charge is 2.16. The lowest BCUT2D eigenvalue weighted by Crippen LogP contribution is -2.36. The van der Waals surface area contributed by atoms with Crippen molar-refractivity contribution in [1.82, 2.24) is 0 Å². The quantitative estimate of drug-likeness (QED) is 0.831. The molecule has 0 saturated carbocycles. The molecular weight excluding hydrogens is 344 g/mol. The van der Waals surface area contributed by atoms with E-state index in [1.807, 2.05) is 0 Å². The number of rotatable bonds is 5. The fourth-order valence-electron chi connectivity index (χ4n) is 2.16. The number of nitrogens with one attached hydrogen (secondary N) is 1. The van der Waals surface area contributed by atoms with Crippen LogP contribution in [-0.2, 0) is 14.3 Å². The molecule has 0 heterocycles. The van der Waals surface area contributed by atoms with Crippen LogP contribution in [-0.4, -0.2) is 31.4 Å². The van der Waals surface area contributed by atoms with Crippen molar-refractivity contribution >= 4 is 40.8 Å². The Morgan fingerprint density at radius 1 is 1.04 bits per heavy atom. The molecule has 0 radical (unpaired) electrons. The minimum atomic E-state index is -0.455. The number of benzene rings is 2. The summed E-state index contributed by atoms with van der Waals surface area (Å²) >= 11 is 5.84. The summed E-state index contributed by atoms with van der Waals surface area (Å²) in [5.74, 6) is -1.09. The van der Waals surface area contributed by atoms with Gasteiger partial charge >= 0.3 is 5.97 Å². The second-order valence-electron chi connectivity index (χ2n) is 5.20. The lowest BCUT2D eigenvalue weighted by molar-refractivity contribution is -0.120. The molecule has 0 aliphatic heterocycles. The second-order valence-corrected chi connectivity index (χ2v) is 5.64. The molecule has 0 saturated heterocycles. The molecule has 7 heteroatoms. The maximum absolute atomic E-state index is 12.2. The van der Waals surface area contributed by atoms with E-state index in [9.17, 15) is 14.4 Å². The highest BCUT2D eigenvalue weighted by atomic mass is 35.5. The first-order valence-corrected chi connectivity index (χ1v) is 7.80. The monoisotopic (exact) mass is 360 g/mol. The summed E-state index contributed by atoms with van der Waals surface area (Å²) in [4.78, 5) is 36.8. The Labute approximate surface area is 150 Å². The molecule has 6 nitrogen and oxygen atoms in total. The molecule has 0 atom stereocenters. The maximum Gasteiger partial charge on any atom is 0.337 e. The minimum Gasteiger partial charge on any atom is -0.465 e. The molecule has 0 unspecified atom stereocenters. The van der Waals surface area contributed by atoms with Gasteiger partial charge in [-0.2, -0.15) is 0 Å². The molecule has 0 aromatic heterocycles. The van der Waals surface area contributed by atoms with Crippen LogP contribution in [0.15, 0.2) is 48.5 Å². The van der Waals surface area contributed by atoms with Crippen molar-refractivity contribution in [3.63, 3.8) is 0 Å². The summed E-state index contributed by atoms with van der Waals surface area (Å²) in [6.45, 7) is 1.24. The fourth-order valence-corrected chi connectivity index (χ4v) is 2.28. The van der Waals surface area contributed by atoms with Gasteiger partial charge in [-0.1, -0.05) is 11.6 Å². The second kappa shape index (κ2) is 8.30. The van der Waals surface area contributed by atoms with Crippen molar-refractivity contribution < 1.29 is 19.1 Å². The summed E-state index contributed by atoms with van der Waals surface area (Å²) in [5.41, 5.74) is 1.47. The van der Waals surface area contributed by atoms with Crippen LogP contribution in [0.3, 0.4) is 0 Å². The van der Waals surface area contributed by atoms with Crippen LogP contribution in [0.2, 0.25) is 5.02 Å². The van der Waals surface area contributed by atoms with Gasteiger partial charge in [0.1, 0.15) is 6.54 Å². The van der Waals surface area contributed by atoms with Crippen molar-refractivity contribution in [2.45, 2.75) is 6.92 Å². The predicted molar refractivity (Wildman–Crippen MR) is 95.9 cm³/mol. The van der Waals surface area contributed by atoms with Gasteiger partial charge in [0.2, 0.25) is 11.8 Å². The van der Waals surface area contributed by atoms with Crippen LogP contribution in [0.1, 0.15) is 17.3 Å². The average molecular weight is 361 g/mol. The van der Waals surface area contributed by atoms with Crippen molar-refractivity contribution in [1.29, 1.82) is 0 Å². The van der Waals surface area contributed by atoms with Crippen LogP contribution >= 0.6 is 11.6 Å². The first-order valence-electron chi connectivity index (χ1n) is 7.42. The van der Waals surface area contributed by atoms with Crippen molar-refractivity contribution in [3.8, 4) is 0 Å². The molecule has 1 N–H and O–H groups in total. The molecule has 2 aromatic carbocycles. The number of ether oxygens (including phenoxy) is 1. The molecule has 0 bridgehead atoms. The van der Waals surface area contributed by atoms with Gasteiger partial charge in [-0.3, -0.25) is 9.59 Å². The Morgan fingerprint density at radius 2 is 1.64 bits per heavy atom. The molecule has 2 aromatic rings. The number of amides is 2. The summed E-state index contributed by atoms with van der Waals surface area (Å²) in [5, 5.41) is 3.23. The molecule has 0 aliphatic rings. The Balaban J connectivity index is 2.05. The molecule has 0 fully saturated rings. The number of nitrogens with zero attached hydrogens (tertiary/aromatic N) is 1. The lowest BCUT2D eigenvalue weighted by atomic mass is 10.2. The Morgan fingerprint density at radius 3 is 2.16 bits per heavy atom. The smallest absolute Gasteiger partial charge is 0.337 e. The van der Waals surface area contributed by atoms with Crippen LogP contribution in [0.5, 0.6) is 0 Å². The van der Waals surface area contributed by atoms with E-state index in [2.05, 4.69) is 10.1 Å². The third kappa shape index (κ3) is 5.06. The number of methoxy groups -OCH3 is 1. The third-order valence-corrected chi connectivity index (χ3v) is 3.66. The number of anilines is 2. The summed E-state index contributed by atoms with van der Waals surface area (Å²) in [7, 11) is 1.30.